The molecule has 0 bridgehead atoms. The minimum absolute atomic E-state index is 0.238. The molecule has 0 spiro atoms. The molecule has 5 rings (SSSR count). The Morgan fingerprint density at radius 3 is 2.53 bits per heavy atom. The predicted octanol–water partition coefficient (Wildman–Crippen LogP) is 5.48. The number of aryl methyl sites for hydroxylation is 1. The third-order valence-electron chi connectivity index (χ3n) is 5.94. The van der Waals surface area contributed by atoms with Gasteiger partial charge in [0.05, 0.1) is 24.1 Å². The van der Waals surface area contributed by atoms with E-state index in [-0.39, 0.29) is 5.56 Å². The highest BCUT2D eigenvalue weighted by molar-refractivity contribution is 5.93. The first kappa shape index (κ1) is 21.7. The van der Waals surface area contributed by atoms with Crippen molar-refractivity contribution in [1.29, 1.82) is 0 Å². The highest BCUT2D eigenvalue weighted by atomic mass is 16.5. The molecule has 2 aromatic carbocycles. The molecule has 0 amide bonds. The highest BCUT2D eigenvalue weighted by Crippen LogP contribution is 2.41. The zero-order valence-corrected chi connectivity index (χ0v) is 18.5. The smallest absolute Gasteiger partial charge is 0.337 e. The molecule has 2 N–H and O–H groups in total. The largest absolute Gasteiger partial charge is 0.493 e. The Morgan fingerprint density at radius 1 is 1.12 bits per heavy atom. The van der Waals surface area contributed by atoms with Crippen molar-refractivity contribution in [3.05, 3.63) is 77.6 Å². The quantitative estimate of drug-likeness (QED) is 0.557. The van der Waals surface area contributed by atoms with E-state index in [1.165, 1.54) is 53.8 Å². The van der Waals surface area contributed by atoms with E-state index in [1.807, 2.05) is 0 Å². The number of hydrogen-bond donors (Lipinski definition) is 2. The van der Waals surface area contributed by atoms with Crippen molar-refractivity contribution in [3.63, 3.8) is 0 Å². The van der Waals surface area contributed by atoms with Crippen LogP contribution in [0, 0.1) is 0 Å². The number of benzene rings is 2. The number of nitrogens with one attached hydrogen (secondary N) is 1. The molecule has 0 saturated heterocycles. The number of pyridine rings is 1. The number of anilines is 3. The lowest BCUT2D eigenvalue weighted by Gasteiger charge is -2.23. The van der Waals surface area contributed by atoms with Gasteiger partial charge in [0.15, 0.2) is 0 Å². The molecular weight excluding hydrogens is 402 g/mol. The summed E-state index contributed by atoms with van der Waals surface area (Å²) in [7, 11) is 3.78. The Labute approximate surface area is 188 Å². The first-order valence-corrected chi connectivity index (χ1v) is 11.0. The number of rotatable bonds is 5. The second kappa shape index (κ2) is 9.73. The summed E-state index contributed by atoms with van der Waals surface area (Å²) in [6.07, 6.45) is 7.91. The molecule has 1 aliphatic heterocycles. The van der Waals surface area contributed by atoms with Crippen molar-refractivity contribution in [2.75, 3.05) is 30.9 Å². The minimum atomic E-state index is -0.947. The SMILES string of the molecule is CN(c1ccc(C2CC2)cc1)c1ccc2c(c1)OCCC2.CNc1cnccc1C(=O)O. The van der Waals surface area contributed by atoms with E-state index in [1.54, 1.807) is 7.05 Å². The maximum Gasteiger partial charge on any atom is 0.337 e. The van der Waals surface area contributed by atoms with Crippen molar-refractivity contribution in [1.82, 2.24) is 4.98 Å². The number of aromatic nitrogens is 1. The molecule has 6 nitrogen and oxygen atoms in total. The number of carboxylic acids is 1. The Morgan fingerprint density at radius 2 is 1.88 bits per heavy atom. The zero-order valence-electron chi connectivity index (χ0n) is 18.5. The summed E-state index contributed by atoms with van der Waals surface area (Å²) in [4.78, 5) is 16.5. The molecule has 2 heterocycles. The number of fused-ring (bicyclic) bond motifs is 1. The van der Waals surface area contributed by atoms with Crippen LogP contribution >= 0.6 is 0 Å². The fourth-order valence-corrected chi connectivity index (χ4v) is 3.85. The van der Waals surface area contributed by atoms with Gasteiger partial charge in [-0.05, 0) is 67.0 Å². The van der Waals surface area contributed by atoms with E-state index in [4.69, 9.17) is 9.84 Å². The van der Waals surface area contributed by atoms with Gasteiger partial charge >= 0.3 is 5.97 Å². The van der Waals surface area contributed by atoms with Crippen LogP contribution in [0.1, 0.15) is 46.7 Å². The summed E-state index contributed by atoms with van der Waals surface area (Å²) >= 11 is 0. The normalized spacial score (nSPS) is 14.3. The fourth-order valence-electron chi connectivity index (χ4n) is 3.85. The van der Waals surface area contributed by atoms with Gasteiger partial charge in [0, 0.05) is 37.7 Å². The molecule has 0 atom stereocenters. The number of carboxylic acid groups (broad SMARTS) is 1. The van der Waals surface area contributed by atoms with Gasteiger partial charge in [-0.2, -0.15) is 0 Å². The van der Waals surface area contributed by atoms with Gasteiger partial charge < -0.3 is 20.1 Å². The number of aromatic carboxylic acids is 1. The molecule has 1 saturated carbocycles. The van der Waals surface area contributed by atoms with Crippen molar-refractivity contribution in [3.8, 4) is 5.75 Å². The summed E-state index contributed by atoms with van der Waals surface area (Å²) < 4.78 is 5.78. The minimum Gasteiger partial charge on any atom is -0.493 e. The first-order valence-electron chi connectivity index (χ1n) is 11.0. The lowest BCUT2D eigenvalue weighted by molar-refractivity contribution is 0.0698. The van der Waals surface area contributed by atoms with E-state index >= 15 is 0 Å². The maximum atomic E-state index is 10.5. The van der Waals surface area contributed by atoms with Crippen LogP contribution in [0.5, 0.6) is 5.75 Å². The van der Waals surface area contributed by atoms with Gasteiger partial charge in [-0.15, -0.1) is 0 Å². The van der Waals surface area contributed by atoms with Gasteiger partial charge in [-0.25, -0.2) is 4.79 Å². The number of nitrogens with zero attached hydrogens (tertiary/aromatic N) is 2. The highest BCUT2D eigenvalue weighted by Gasteiger charge is 2.23. The molecule has 6 heteroatoms. The first-order chi connectivity index (χ1) is 15.6. The van der Waals surface area contributed by atoms with Gasteiger partial charge in [0.2, 0.25) is 0 Å². The lowest BCUT2D eigenvalue weighted by Crippen LogP contribution is -2.12. The van der Waals surface area contributed by atoms with E-state index in [2.05, 4.69) is 64.7 Å². The van der Waals surface area contributed by atoms with Gasteiger partial charge in [-0.3, -0.25) is 4.98 Å². The third kappa shape index (κ3) is 5.02. The molecular formula is C26H29N3O3. The Kier molecular flexibility index (Phi) is 6.59. The van der Waals surface area contributed by atoms with Crippen molar-refractivity contribution < 1.29 is 14.6 Å². The van der Waals surface area contributed by atoms with E-state index in [0.717, 1.165) is 31.1 Å². The van der Waals surface area contributed by atoms with Gasteiger partial charge in [-0.1, -0.05) is 18.2 Å². The standard InChI is InChI=1S/C19H21NO.C7H8N2O2/c1-20(17-9-6-15(7-10-17)14-4-5-14)18-11-8-16-3-2-12-21-19(16)13-18;1-8-6-4-9-3-2-5(6)7(10)11/h6-11,13-14H,2-5,12H2,1H3;2-4,8H,1H3,(H,10,11). The summed E-state index contributed by atoms with van der Waals surface area (Å²) in [5, 5.41) is 11.4. The zero-order chi connectivity index (χ0) is 22.5. The molecule has 32 heavy (non-hydrogen) atoms. The monoisotopic (exact) mass is 431 g/mol. The number of ether oxygens (including phenoxy) is 1. The Hall–Kier alpha value is -3.54. The van der Waals surface area contributed by atoms with Crippen LogP contribution in [0.15, 0.2) is 60.9 Å². The molecule has 166 valence electrons. The van der Waals surface area contributed by atoms with Crippen molar-refractivity contribution in [2.24, 2.45) is 0 Å². The van der Waals surface area contributed by atoms with Crippen LogP contribution in [0.2, 0.25) is 0 Å². The van der Waals surface area contributed by atoms with Crippen LogP contribution in [0.3, 0.4) is 0 Å². The second-order valence-electron chi connectivity index (χ2n) is 8.15. The molecule has 1 fully saturated rings. The van der Waals surface area contributed by atoms with Crippen molar-refractivity contribution in [2.45, 2.75) is 31.6 Å². The average molecular weight is 432 g/mol. The second-order valence-corrected chi connectivity index (χ2v) is 8.15. The molecule has 3 aromatic rings. The molecule has 0 radical (unpaired) electrons. The number of carbonyl (C=O) groups is 1. The predicted molar refractivity (Wildman–Crippen MR) is 127 cm³/mol. The molecule has 1 aliphatic carbocycles. The molecule has 1 aromatic heterocycles. The topological polar surface area (TPSA) is 74.7 Å². The fraction of sp³-hybridized carbons (Fsp3) is 0.308. The third-order valence-corrected chi connectivity index (χ3v) is 5.94. The van der Waals surface area contributed by atoms with Gasteiger partial charge in [0.1, 0.15) is 5.75 Å². The van der Waals surface area contributed by atoms with Crippen LogP contribution in [0.4, 0.5) is 17.1 Å². The summed E-state index contributed by atoms with van der Waals surface area (Å²) in [6.45, 7) is 0.844. The van der Waals surface area contributed by atoms with E-state index in [0.29, 0.717) is 5.69 Å². The number of hydrogen-bond acceptors (Lipinski definition) is 5. The summed E-state index contributed by atoms with van der Waals surface area (Å²) in [5.74, 6) is 0.929. The molecule has 0 unspecified atom stereocenters. The summed E-state index contributed by atoms with van der Waals surface area (Å²) in [5.41, 5.74) is 6.01. The van der Waals surface area contributed by atoms with Crippen LogP contribution in [-0.2, 0) is 6.42 Å². The van der Waals surface area contributed by atoms with E-state index < -0.39 is 5.97 Å². The van der Waals surface area contributed by atoms with E-state index in [9.17, 15) is 4.79 Å². The van der Waals surface area contributed by atoms with Crippen LogP contribution in [0.25, 0.3) is 0 Å². The Balaban J connectivity index is 0.000000189. The lowest BCUT2D eigenvalue weighted by atomic mass is 10.1. The van der Waals surface area contributed by atoms with Gasteiger partial charge in [0.25, 0.3) is 0 Å². The average Bonchev–Trinajstić information content (AvgIpc) is 3.69. The Bertz CT molecular complexity index is 1080. The van der Waals surface area contributed by atoms with Crippen LogP contribution < -0.4 is 15.0 Å². The maximum absolute atomic E-state index is 10.5. The van der Waals surface area contributed by atoms with Crippen LogP contribution in [-0.4, -0.2) is 36.8 Å². The van der Waals surface area contributed by atoms with Crippen molar-refractivity contribution >= 4 is 23.0 Å². The summed E-state index contributed by atoms with van der Waals surface area (Å²) in [6, 6.07) is 17.0. The molecule has 2 aliphatic rings.